The van der Waals surface area contributed by atoms with Gasteiger partial charge in [-0.3, -0.25) is 0 Å². The molecule has 1 aliphatic rings. The molecule has 0 bridgehead atoms. The fourth-order valence-electron chi connectivity index (χ4n) is 2.27. The van der Waals surface area contributed by atoms with E-state index in [-0.39, 0.29) is 0 Å². The molecule has 1 aliphatic heterocycles. The molecule has 1 saturated heterocycles. The average molecular weight is 250 g/mol. The SMILES string of the molecule is CNc1nc(C)nc(NCCC2CCCO2)c1C. The second kappa shape index (κ2) is 6.00. The molecule has 1 aromatic heterocycles. The molecule has 100 valence electrons. The lowest BCUT2D eigenvalue weighted by molar-refractivity contribution is 0.107. The Bertz CT molecular complexity index is 402. The standard InChI is InChI=1S/C13H22N4O/c1-9-12(14-3)16-10(2)17-13(9)15-7-6-11-5-4-8-18-11/h11H,4-8H2,1-3H3,(H2,14,15,16,17). The van der Waals surface area contributed by atoms with Gasteiger partial charge in [0.15, 0.2) is 0 Å². The first kappa shape index (κ1) is 13.1. The fourth-order valence-corrected chi connectivity index (χ4v) is 2.27. The Hall–Kier alpha value is -1.36. The molecule has 18 heavy (non-hydrogen) atoms. The van der Waals surface area contributed by atoms with Crippen LogP contribution >= 0.6 is 0 Å². The van der Waals surface area contributed by atoms with Crippen LogP contribution in [0.15, 0.2) is 0 Å². The molecule has 1 unspecified atom stereocenters. The maximum atomic E-state index is 5.60. The van der Waals surface area contributed by atoms with Gasteiger partial charge in [-0.1, -0.05) is 0 Å². The zero-order chi connectivity index (χ0) is 13.0. The van der Waals surface area contributed by atoms with E-state index in [1.54, 1.807) is 0 Å². The van der Waals surface area contributed by atoms with Crippen LogP contribution < -0.4 is 10.6 Å². The van der Waals surface area contributed by atoms with Gasteiger partial charge in [-0.05, 0) is 33.1 Å². The van der Waals surface area contributed by atoms with E-state index >= 15 is 0 Å². The maximum absolute atomic E-state index is 5.60. The quantitative estimate of drug-likeness (QED) is 0.838. The summed E-state index contributed by atoms with van der Waals surface area (Å²) in [6.07, 6.45) is 3.84. The van der Waals surface area contributed by atoms with Gasteiger partial charge in [0.2, 0.25) is 0 Å². The van der Waals surface area contributed by atoms with E-state index < -0.39 is 0 Å². The Morgan fingerprint density at radius 1 is 1.28 bits per heavy atom. The topological polar surface area (TPSA) is 59.1 Å². The molecule has 0 saturated carbocycles. The zero-order valence-corrected chi connectivity index (χ0v) is 11.4. The molecule has 0 aliphatic carbocycles. The number of ether oxygens (including phenoxy) is 1. The van der Waals surface area contributed by atoms with Crippen molar-refractivity contribution in [2.24, 2.45) is 0 Å². The highest BCUT2D eigenvalue weighted by Crippen LogP contribution is 2.20. The Kier molecular flexibility index (Phi) is 4.36. The van der Waals surface area contributed by atoms with Crippen molar-refractivity contribution in [1.29, 1.82) is 0 Å². The number of nitrogens with zero attached hydrogens (tertiary/aromatic N) is 2. The average Bonchev–Trinajstić information content (AvgIpc) is 2.86. The van der Waals surface area contributed by atoms with Gasteiger partial charge in [0.05, 0.1) is 6.10 Å². The minimum atomic E-state index is 0.421. The van der Waals surface area contributed by atoms with Crippen LogP contribution in [0, 0.1) is 13.8 Å². The molecule has 2 heterocycles. The van der Waals surface area contributed by atoms with Gasteiger partial charge in [-0.15, -0.1) is 0 Å². The number of nitrogens with one attached hydrogen (secondary N) is 2. The summed E-state index contributed by atoms with van der Waals surface area (Å²) < 4.78 is 5.60. The van der Waals surface area contributed by atoms with Crippen molar-refractivity contribution in [3.05, 3.63) is 11.4 Å². The summed E-state index contributed by atoms with van der Waals surface area (Å²) in [6.45, 7) is 5.75. The van der Waals surface area contributed by atoms with Crippen LogP contribution in [0.1, 0.15) is 30.7 Å². The lowest BCUT2D eigenvalue weighted by Gasteiger charge is -2.14. The van der Waals surface area contributed by atoms with E-state index in [1.807, 2.05) is 20.9 Å². The number of aromatic nitrogens is 2. The summed E-state index contributed by atoms with van der Waals surface area (Å²) in [5, 5.41) is 6.48. The first-order valence-electron chi connectivity index (χ1n) is 6.59. The smallest absolute Gasteiger partial charge is 0.134 e. The third kappa shape index (κ3) is 3.10. The van der Waals surface area contributed by atoms with Gasteiger partial charge in [0, 0.05) is 25.8 Å². The highest BCUT2D eigenvalue weighted by molar-refractivity contribution is 5.56. The van der Waals surface area contributed by atoms with E-state index in [1.165, 1.54) is 12.8 Å². The van der Waals surface area contributed by atoms with Crippen molar-refractivity contribution in [2.45, 2.75) is 39.2 Å². The van der Waals surface area contributed by atoms with Gasteiger partial charge in [-0.2, -0.15) is 0 Å². The predicted molar refractivity (Wildman–Crippen MR) is 73.1 cm³/mol. The van der Waals surface area contributed by atoms with Crippen molar-refractivity contribution in [3.8, 4) is 0 Å². The van der Waals surface area contributed by atoms with Gasteiger partial charge >= 0.3 is 0 Å². The number of anilines is 2. The number of hydrogen-bond donors (Lipinski definition) is 2. The lowest BCUT2D eigenvalue weighted by Crippen LogP contribution is -2.14. The molecule has 5 heteroatoms. The first-order chi connectivity index (χ1) is 8.70. The van der Waals surface area contributed by atoms with Crippen LogP contribution in [0.5, 0.6) is 0 Å². The molecule has 2 rings (SSSR count). The molecule has 2 N–H and O–H groups in total. The Morgan fingerprint density at radius 2 is 2.06 bits per heavy atom. The third-order valence-electron chi connectivity index (χ3n) is 3.28. The van der Waals surface area contributed by atoms with Crippen molar-refractivity contribution < 1.29 is 4.74 Å². The minimum absolute atomic E-state index is 0.421. The van der Waals surface area contributed by atoms with Gasteiger partial charge in [-0.25, -0.2) is 9.97 Å². The molecular formula is C13H22N4O. The van der Waals surface area contributed by atoms with Crippen LogP contribution in [0.3, 0.4) is 0 Å². The molecule has 1 fully saturated rings. The molecule has 0 spiro atoms. The van der Waals surface area contributed by atoms with Crippen molar-refractivity contribution in [2.75, 3.05) is 30.8 Å². The second-order valence-electron chi connectivity index (χ2n) is 4.69. The van der Waals surface area contributed by atoms with E-state index in [0.29, 0.717) is 6.10 Å². The first-order valence-corrected chi connectivity index (χ1v) is 6.59. The third-order valence-corrected chi connectivity index (χ3v) is 3.28. The van der Waals surface area contributed by atoms with Crippen LogP contribution in [0.25, 0.3) is 0 Å². The number of hydrogen-bond acceptors (Lipinski definition) is 5. The van der Waals surface area contributed by atoms with Crippen molar-refractivity contribution >= 4 is 11.6 Å². The number of rotatable bonds is 5. The largest absolute Gasteiger partial charge is 0.378 e. The van der Waals surface area contributed by atoms with Gasteiger partial charge in [0.1, 0.15) is 17.5 Å². The van der Waals surface area contributed by atoms with Gasteiger partial charge in [0.25, 0.3) is 0 Å². The highest BCUT2D eigenvalue weighted by atomic mass is 16.5. The van der Waals surface area contributed by atoms with Crippen molar-refractivity contribution in [1.82, 2.24) is 9.97 Å². The molecule has 0 radical (unpaired) electrons. The molecule has 0 aromatic carbocycles. The van der Waals surface area contributed by atoms with Crippen LogP contribution in [0.2, 0.25) is 0 Å². The van der Waals surface area contributed by atoms with Crippen molar-refractivity contribution in [3.63, 3.8) is 0 Å². The number of aryl methyl sites for hydroxylation is 1. The summed E-state index contributed by atoms with van der Waals surface area (Å²) in [5.74, 6) is 2.59. The second-order valence-corrected chi connectivity index (χ2v) is 4.69. The summed E-state index contributed by atoms with van der Waals surface area (Å²) in [4.78, 5) is 8.79. The monoisotopic (exact) mass is 250 g/mol. The summed E-state index contributed by atoms with van der Waals surface area (Å²) >= 11 is 0. The minimum Gasteiger partial charge on any atom is -0.378 e. The summed E-state index contributed by atoms with van der Waals surface area (Å²) in [5.41, 5.74) is 1.07. The summed E-state index contributed by atoms with van der Waals surface area (Å²) in [6, 6.07) is 0. The van der Waals surface area contributed by atoms with E-state index in [4.69, 9.17) is 4.74 Å². The Labute approximate surface area is 108 Å². The van der Waals surface area contributed by atoms with Crippen LogP contribution in [0.4, 0.5) is 11.6 Å². The normalized spacial score (nSPS) is 18.9. The zero-order valence-electron chi connectivity index (χ0n) is 11.4. The molecule has 1 atom stereocenters. The molecular weight excluding hydrogens is 228 g/mol. The van der Waals surface area contributed by atoms with E-state index in [2.05, 4.69) is 20.6 Å². The Morgan fingerprint density at radius 3 is 2.72 bits per heavy atom. The Balaban J connectivity index is 1.93. The lowest BCUT2D eigenvalue weighted by atomic mass is 10.2. The highest BCUT2D eigenvalue weighted by Gasteiger charge is 2.15. The maximum Gasteiger partial charge on any atom is 0.134 e. The van der Waals surface area contributed by atoms with Crippen LogP contribution in [-0.4, -0.2) is 36.3 Å². The van der Waals surface area contributed by atoms with Gasteiger partial charge < -0.3 is 15.4 Å². The predicted octanol–water partition coefficient (Wildman–Crippen LogP) is 2.12. The fraction of sp³-hybridized carbons (Fsp3) is 0.692. The van der Waals surface area contributed by atoms with E-state index in [9.17, 15) is 0 Å². The molecule has 0 amide bonds. The van der Waals surface area contributed by atoms with Crippen LogP contribution in [-0.2, 0) is 4.74 Å². The molecule has 1 aromatic rings. The molecule has 5 nitrogen and oxygen atoms in total. The summed E-state index contributed by atoms with van der Waals surface area (Å²) in [7, 11) is 1.88. The van der Waals surface area contributed by atoms with E-state index in [0.717, 1.165) is 42.6 Å².